The summed E-state index contributed by atoms with van der Waals surface area (Å²) in [5.41, 5.74) is 0. The summed E-state index contributed by atoms with van der Waals surface area (Å²) in [5.74, 6) is -0.636. The van der Waals surface area contributed by atoms with Crippen molar-refractivity contribution >= 4 is 5.91 Å². The Labute approximate surface area is 284 Å². The molecule has 0 aromatic heterocycles. The minimum atomic E-state index is -1.61. The minimum Gasteiger partial charge on any atom is -0.394 e. The van der Waals surface area contributed by atoms with Crippen LogP contribution in [0.1, 0.15) is 129 Å². The topological polar surface area (TPSA) is 169 Å². The predicted molar refractivity (Wildman–Crippen MR) is 186 cm³/mol. The molecule has 1 aliphatic rings. The molecule has 7 N–H and O–H groups in total. The lowest BCUT2D eigenvalue weighted by atomic mass is 9.99. The summed E-state index contributed by atoms with van der Waals surface area (Å²) >= 11 is 0. The maximum absolute atomic E-state index is 12.9. The first-order valence-electron chi connectivity index (χ1n) is 18.3. The van der Waals surface area contributed by atoms with Gasteiger partial charge in [0.15, 0.2) is 6.29 Å². The number of carbonyl (C=O) groups excluding carboxylic acids is 1. The number of amides is 1. The smallest absolute Gasteiger partial charge is 0.249 e. The van der Waals surface area contributed by atoms with Gasteiger partial charge < -0.3 is 45.4 Å². The van der Waals surface area contributed by atoms with E-state index in [2.05, 4.69) is 43.5 Å². The summed E-state index contributed by atoms with van der Waals surface area (Å²) in [7, 11) is 0. The number of nitrogens with one attached hydrogen (secondary N) is 1. The molecule has 0 aromatic carbocycles. The molecule has 47 heavy (non-hydrogen) atoms. The molecule has 0 spiro atoms. The molecule has 10 nitrogen and oxygen atoms in total. The van der Waals surface area contributed by atoms with E-state index < -0.39 is 61.5 Å². The normalized spacial score (nSPS) is 24.0. The Kier molecular flexibility index (Phi) is 26.1. The van der Waals surface area contributed by atoms with Gasteiger partial charge in [-0.15, -0.1) is 0 Å². The van der Waals surface area contributed by atoms with Gasteiger partial charge in [0.25, 0.3) is 0 Å². The molecule has 0 radical (unpaired) electrons. The van der Waals surface area contributed by atoms with E-state index >= 15 is 0 Å². The number of allylic oxidation sites excluding steroid dienone is 5. The highest BCUT2D eigenvalue weighted by atomic mass is 16.7. The molecular formula is C37H67NO9. The molecule has 1 fully saturated rings. The zero-order chi connectivity index (χ0) is 34.7. The molecule has 0 bridgehead atoms. The van der Waals surface area contributed by atoms with Gasteiger partial charge in [0, 0.05) is 0 Å². The van der Waals surface area contributed by atoms with Gasteiger partial charge >= 0.3 is 0 Å². The van der Waals surface area contributed by atoms with Crippen LogP contribution in [-0.2, 0) is 14.3 Å². The summed E-state index contributed by atoms with van der Waals surface area (Å²) in [5, 5.41) is 64.1. The molecule has 274 valence electrons. The third-order valence-corrected chi connectivity index (χ3v) is 8.53. The van der Waals surface area contributed by atoms with Crippen molar-refractivity contribution in [2.24, 2.45) is 0 Å². The highest BCUT2D eigenvalue weighted by Crippen LogP contribution is 2.22. The lowest BCUT2D eigenvalue weighted by Crippen LogP contribution is -2.60. The van der Waals surface area contributed by atoms with Crippen molar-refractivity contribution in [3.8, 4) is 0 Å². The average Bonchev–Trinajstić information content (AvgIpc) is 3.07. The Morgan fingerprint density at radius 3 is 1.81 bits per heavy atom. The van der Waals surface area contributed by atoms with Gasteiger partial charge in [-0.3, -0.25) is 4.79 Å². The molecule has 1 aliphatic heterocycles. The van der Waals surface area contributed by atoms with E-state index in [1.165, 1.54) is 44.9 Å². The van der Waals surface area contributed by atoms with Crippen LogP contribution in [0.25, 0.3) is 0 Å². The summed E-state index contributed by atoms with van der Waals surface area (Å²) < 4.78 is 11.0. The van der Waals surface area contributed by atoms with Crippen molar-refractivity contribution in [2.45, 2.75) is 178 Å². The first-order chi connectivity index (χ1) is 22.8. The zero-order valence-corrected chi connectivity index (χ0v) is 29.1. The maximum atomic E-state index is 12.9. The van der Waals surface area contributed by atoms with Crippen molar-refractivity contribution in [2.75, 3.05) is 13.2 Å². The van der Waals surface area contributed by atoms with E-state index in [0.29, 0.717) is 19.3 Å². The number of aliphatic hydroxyl groups is 6. The van der Waals surface area contributed by atoms with E-state index in [-0.39, 0.29) is 6.61 Å². The SMILES string of the molecule is CCC/C=C/CC/C=C/CC/C=C/C(O)C(COC1OC(CO)C(O)C(O)C1O)NC(=O)C(O)CCCCCCCCCCCCC. The van der Waals surface area contributed by atoms with Crippen molar-refractivity contribution < 1.29 is 44.9 Å². The molecule has 1 amide bonds. The van der Waals surface area contributed by atoms with E-state index in [1.54, 1.807) is 6.08 Å². The highest BCUT2D eigenvalue weighted by Gasteiger charge is 2.44. The molecule has 1 rings (SSSR count). The molecule has 0 aliphatic carbocycles. The quantitative estimate of drug-likeness (QED) is 0.0460. The predicted octanol–water partition coefficient (Wildman–Crippen LogP) is 4.74. The van der Waals surface area contributed by atoms with Crippen LogP contribution in [0.4, 0.5) is 0 Å². The van der Waals surface area contributed by atoms with E-state index in [4.69, 9.17) is 9.47 Å². The third kappa shape index (κ3) is 19.8. The summed E-state index contributed by atoms with van der Waals surface area (Å²) in [6.45, 7) is 3.45. The molecule has 0 aromatic rings. The largest absolute Gasteiger partial charge is 0.394 e. The van der Waals surface area contributed by atoms with Gasteiger partial charge in [0.1, 0.15) is 30.5 Å². The molecule has 8 unspecified atom stereocenters. The minimum absolute atomic E-state index is 0.301. The van der Waals surface area contributed by atoms with E-state index in [1.807, 2.05) is 6.08 Å². The Bertz CT molecular complexity index is 850. The van der Waals surface area contributed by atoms with Crippen molar-refractivity contribution in [1.29, 1.82) is 0 Å². The third-order valence-electron chi connectivity index (χ3n) is 8.53. The Morgan fingerprint density at radius 2 is 1.26 bits per heavy atom. The van der Waals surface area contributed by atoms with Crippen LogP contribution in [0.2, 0.25) is 0 Å². The van der Waals surface area contributed by atoms with Crippen LogP contribution >= 0.6 is 0 Å². The first-order valence-corrected chi connectivity index (χ1v) is 18.3. The van der Waals surface area contributed by atoms with Crippen molar-refractivity contribution in [1.82, 2.24) is 5.32 Å². The van der Waals surface area contributed by atoms with Gasteiger partial charge in [-0.2, -0.15) is 0 Å². The van der Waals surface area contributed by atoms with Gasteiger partial charge in [-0.25, -0.2) is 0 Å². The summed E-state index contributed by atoms with van der Waals surface area (Å²) in [6, 6.07) is -0.997. The second kappa shape index (κ2) is 28.2. The van der Waals surface area contributed by atoms with Gasteiger partial charge in [-0.05, 0) is 38.5 Å². The fraction of sp³-hybridized carbons (Fsp3) is 0.811. The van der Waals surface area contributed by atoms with Gasteiger partial charge in [0.2, 0.25) is 5.91 Å². The van der Waals surface area contributed by atoms with Crippen LogP contribution in [0, 0.1) is 0 Å². The molecular weight excluding hydrogens is 602 g/mol. The molecule has 0 saturated carbocycles. The first kappa shape index (κ1) is 43.4. The fourth-order valence-electron chi connectivity index (χ4n) is 5.43. The lowest BCUT2D eigenvalue weighted by molar-refractivity contribution is -0.302. The van der Waals surface area contributed by atoms with E-state index in [9.17, 15) is 35.4 Å². The molecule has 1 heterocycles. The van der Waals surface area contributed by atoms with Crippen molar-refractivity contribution in [3.63, 3.8) is 0 Å². The van der Waals surface area contributed by atoms with Crippen LogP contribution < -0.4 is 5.32 Å². The lowest BCUT2D eigenvalue weighted by Gasteiger charge is -2.40. The van der Waals surface area contributed by atoms with Crippen LogP contribution in [0.3, 0.4) is 0 Å². The van der Waals surface area contributed by atoms with Crippen LogP contribution in [-0.4, -0.2) is 98.7 Å². The average molecular weight is 670 g/mol. The van der Waals surface area contributed by atoms with Crippen LogP contribution in [0.15, 0.2) is 36.5 Å². The standard InChI is InChI=1S/C37H67NO9/c1-3-5-7-9-11-13-15-17-19-21-23-25-30(40)29(28-46-37-35(44)34(43)33(42)32(27-39)47-37)38-36(45)31(41)26-24-22-20-18-16-14-12-10-8-6-4-2/h7,9,15,17,23,25,29-35,37,39-44H,3-6,8,10-14,16,18-22,24,26-28H2,1-2H3,(H,38,45)/b9-7+,17-15+,25-23+. The summed E-state index contributed by atoms with van der Waals surface area (Å²) in [6.07, 6.45) is 21.0. The highest BCUT2D eigenvalue weighted by molar-refractivity contribution is 5.80. The number of aliphatic hydroxyl groups excluding tert-OH is 6. The maximum Gasteiger partial charge on any atom is 0.249 e. The second-order valence-corrected chi connectivity index (χ2v) is 12.8. The molecule has 10 heteroatoms. The van der Waals surface area contributed by atoms with Crippen molar-refractivity contribution in [3.05, 3.63) is 36.5 Å². The van der Waals surface area contributed by atoms with Crippen LogP contribution in [0.5, 0.6) is 0 Å². The number of ether oxygens (including phenoxy) is 2. The van der Waals surface area contributed by atoms with E-state index in [0.717, 1.165) is 51.4 Å². The van der Waals surface area contributed by atoms with Gasteiger partial charge in [0.05, 0.1) is 25.4 Å². The summed E-state index contributed by atoms with van der Waals surface area (Å²) in [4.78, 5) is 12.9. The number of carbonyl (C=O) groups is 1. The number of unbranched alkanes of at least 4 members (excludes halogenated alkanes) is 13. The Hall–Kier alpha value is -1.63. The molecule has 8 atom stereocenters. The monoisotopic (exact) mass is 669 g/mol. The fourth-order valence-corrected chi connectivity index (χ4v) is 5.43. The zero-order valence-electron chi connectivity index (χ0n) is 29.1. The number of hydrogen-bond donors (Lipinski definition) is 7. The Morgan fingerprint density at radius 1 is 0.723 bits per heavy atom. The van der Waals surface area contributed by atoms with Gasteiger partial charge in [-0.1, -0.05) is 127 Å². The number of hydrogen-bond acceptors (Lipinski definition) is 9. The Balaban J connectivity index is 2.60. The number of rotatable bonds is 28. The molecule has 1 saturated heterocycles. The second-order valence-electron chi connectivity index (χ2n) is 12.8.